The van der Waals surface area contributed by atoms with Gasteiger partial charge in [-0.3, -0.25) is 0 Å². The summed E-state index contributed by atoms with van der Waals surface area (Å²) >= 11 is 3.17. The van der Waals surface area contributed by atoms with Crippen molar-refractivity contribution in [3.63, 3.8) is 0 Å². The molecule has 0 atom stereocenters. The highest BCUT2D eigenvalue weighted by molar-refractivity contribution is 9.10. The summed E-state index contributed by atoms with van der Waals surface area (Å²) in [5, 5.41) is 8.92. The van der Waals surface area contributed by atoms with E-state index in [0.717, 1.165) is 6.07 Å². The maximum Gasteiger partial charge on any atom is 0.124 e. The molecule has 0 aliphatic heterocycles. The van der Waals surface area contributed by atoms with Crippen molar-refractivity contribution in [2.75, 3.05) is 0 Å². The molecule has 0 aliphatic carbocycles. The van der Waals surface area contributed by atoms with Gasteiger partial charge in [0.2, 0.25) is 0 Å². The summed E-state index contributed by atoms with van der Waals surface area (Å²) < 4.78 is 26.8. The molecule has 0 saturated heterocycles. The molecule has 2 aromatic carbocycles. The van der Waals surface area contributed by atoms with Gasteiger partial charge in [-0.15, -0.1) is 0 Å². The van der Waals surface area contributed by atoms with Crippen molar-refractivity contribution in [2.45, 2.75) is 0 Å². The van der Waals surface area contributed by atoms with Crippen molar-refractivity contribution in [2.24, 2.45) is 0 Å². The van der Waals surface area contributed by atoms with E-state index < -0.39 is 11.6 Å². The molecule has 0 heterocycles. The van der Waals surface area contributed by atoms with Crippen LogP contribution in [0.1, 0.15) is 5.56 Å². The van der Waals surface area contributed by atoms with E-state index in [4.69, 9.17) is 5.26 Å². The van der Waals surface area contributed by atoms with E-state index in [2.05, 4.69) is 15.9 Å². The van der Waals surface area contributed by atoms with Gasteiger partial charge in [0.05, 0.1) is 11.6 Å². The molecule has 84 valence electrons. The van der Waals surface area contributed by atoms with Gasteiger partial charge in [-0.1, -0.05) is 22.0 Å². The molecule has 0 radical (unpaired) electrons. The molecular weight excluding hydrogens is 288 g/mol. The third-order valence-electron chi connectivity index (χ3n) is 2.28. The van der Waals surface area contributed by atoms with Gasteiger partial charge in [0.25, 0.3) is 0 Å². The monoisotopic (exact) mass is 293 g/mol. The van der Waals surface area contributed by atoms with Gasteiger partial charge < -0.3 is 0 Å². The van der Waals surface area contributed by atoms with Gasteiger partial charge >= 0.3 is 0 Å². The number of hydrogen-bond acceptors (Lipinski definition) is 1. The van der Waals surface area contributed by atoms with Crippen molar-refractivity contribution < 1.29 is 8.78 Å². The molecule has 0 bridgehead atoms. The highest BCUT2D eigenvalue weighted by Gasteiger charge is 2.08. The molecule has 4 heteroatoms. The van der Waals surface area contributed by atoms with E-state index in [0.29, 0.717) is 15.6 Å². The molecule has 0 spiro atoms. The molecule has 0 fully saturated rings. The summed E-state index contributed by atoms with van der Waals surface area (Å²) in [5.41, 5.74) is 1.23. The van der Waals surface area contributed by atoms with Crippen LogP contribution in [-0.2, 0) is 0 Å². The van der Waals surface area contributed by atoms with Crippen LogP contribution < -0.4 is 0 Å². The first-order chi connectivity index (χ1) is 8.10. The van der Waals surface area contributed by atoms with Gasteiger partial charge in [-0.2, -0.15) is 5.26 Å². The van der Waals surface area contributed by atoms with Crippen molar-refractivity contribution in [3.05, 3.63) is 58.1 Å². The molecule has 17 heavy (non-hydrogen) atoms. The lowest BCUT2D eigenvalue weighted by Gasteiger charge is -2.05. The quantitative estimate of drug-likeness (QED) is 0.770. The Labute approximate surface area is 105 Å². The van der Waals surface area contributed by atoms with Crippen LogP contribution in [0, 0.1) is 23.0 Å². The summed E-state index contributed by atoms with van der Waals surface area (Å²) in [6.07, 6.45) is 0. The molecule has 0 aliphatic rings. The van der Waals surface area contributed by atoms with Crippen LogP contribution in [0.3, 0.4) is 0 Å². The minimum Gasteiger partial charge on any atom is -0.207 e. The maximum absolute atomic E-state index is 13.2. The molecular formula is C13H6BrF2N. The van der Waals surface area contributed by atoms with Gasteiger partial charge in [-0.25, -0.2) is 8.78 Å². The lowest BCUT2D eigenvalue weighted by molar-refractivity contribution is 0.626. The van der Waals surface area contributed by atoms with E-state index in [9.17, 15) is 8.78 Å². The zero-order valence-corrected chi connectivity index (χ0v) is 10.1. The number of nitrogens with zero attached hydrogens (tertiary/aromatic N) is 1. The number of nitriles is 1. The van der Waals surface area contributed by atoms with E-state index in [-0.39, 0.29) is 5.56 Å². The Hall–Kier alpha value is -1.73. The Balaban J connectivity index is 2.64. The normalized spacial score (nSPS) is 10.0. The Morgan fingerprint density at radius 2 is 1.76 bits per heavy atom. The summed E-state index contributed by atoms with van der Waals surface area (Å²) in [6, 6.07) is 10.0. The number of benzene rings is 2. The highest BCUT2D eigenvalue weighted by Crippen LogP contribution is 2.27. The largest absolute Gasteiger partial charge is 0.207 e. The van der Waals surface area contributed by atoms with E-state index >= 15 is 0 Å². The minimum atomic E-state index is -0.485. The third-order valence-corrected chi connectivity index (χ3v) is 2.73. The summed E-state index contributed by atoms with van der Waals surface area (Å²) in [6.45, 7) is 0. The number of hydrogen-bond donors (Lipinski definition) is 0. The third kappa shape index (κ3) is 2.51. The van der Waals surface area contributed by atoms with Crippen LogP contribution in [0.2, 0.25) is 0 Å². The molecule has 0 saturated carbocycles. The molecule has 0 N–H and O–H groups in total. The second-order valence-electron chi connectivity index (χ2n) is 3.46. The smallest absolute Gasteiger partial charge is 0.124 e. The topological polar surface area (TPSA) is 23.8 Å². The highest BCUT2D eigenvalue weighted by atomic mass is 79.9. The average molecular weight is 294 g/mol. The van der Waals surface area contributed by atoms with Crippen LogP contribution in [0.25, 0.3) is 11.1 Å². The van der Waals surface area contributed by atoms with Crippen LogP contribution in [-0.4, -0.2) is 0 Å². The first-order valence-corrected chi connectivity index (χ1v) is 5.55. The van der Waals surface area contributed by atoms with E-state index in [1.807, 2.05) is 6.07 Å². The molecule has 0 amide bonds. The molecule has 1 nitrogen and oxygen atoms in total. The van der Waals surface area contributed by atoms with Gasteiger partial charge in [-0.05, 0) is 41.5 Å². The van der Waals surface area contributed by atoms with Crippen LogP contribution >= 0.6 is 15.9 Å². The Kier molecular flexibility index (Phi) is 3.21. The molecule has 0 aromatic heterocycles. The fourth-order valence-electron chi connectivity index (χ4n) is 1.57. The average Bonchev–Trinajstić information content (AvgIpc) is 2.27. The Morgan fingerprint density at radius 1 is 1.00 bits per heavy atom. The first kappa shape index (κ1) is 11.7. The fourth-order valence-corrected chi connectivity index (χ4v) is 2.04. The Morgan fingerprint density at radius 3 is 2.41 bits per heavy atom. The van der Waals surface area contributed by atoms with Gasteiger partial charge in [0, 0.05) is 4.47 Å². The SMILES string of the molecule is N#Cc1cc(F)ccc1-c1cc(F)cc(Br)c1. The number of halogens is 3. The zero-order chi connectivity index (χ0) is 12.4. The standard InChI is InChI=1S/C13H6BrF2N/c14-10-3-8(4-12(16)6-10)13-2-1-11(15)5-9(13)7-17/h1-6H. The number of rotatable bonds is 1. The minimum absolute atomic E-state index is 0.183. The second kappa shape index (κ2) is 4.64. The van der Waals surface area contributed by atoms with Crippen molar-refractivity contribution in [3.8, 4) is 17.2 Å². The van der Waals surface area contributed by atoms with Crippen LogP contribution in [0.4, 0.5) is 8.78 Å². The molecule has 2 rings (SSSR count). The summed E-state index contributed by atoms with van der Waals surface area (Å²) in [5.74, 6) is -0.900. The second-order valence-corrected chi connectivity index (χ2v) is 4.38. The van der Waals surface area contributed by atoms with Crippen molar-refractivity contribution in [1.29, 1.82) is 5.26 Å². The molecule has 2 aromatic rings. The fraction of sp³-hybridized carbons (Fsp3) is 0. The molecule has 0 unspecified atom stereocenters. The van der Waals surface area contributed by atoms with E-state index in [1.54, 1.807) is 6.07 Å². The van der Waals surface area contributed by atoms with Crippen LogP contribution in [0.15, 0.2) is 40.9 Å². The predicted octanol–water partition coefficient (Wildman–Crippen LogP) is 4.27. The lowest BCUT2D eigenvalue weighted by Crippen LogP contribution is -1.87. The van der Waals surface area contributed by atoms with Gasteiger partial charge in [0.15, 0.2) is 0 Å². The van der Waals surface area contributed by atoms with Crippen LogP contribution in [0.5, 0.6) is 0 Å². The first-order valence-electron chi connectivity index (χ1n) is 4.76. The van der Waals surface area contributed by atoms with Crippen molar-refractivity contribution >= 4 is 15.9 Å². The van der Waals surface area contributed by atoms with Crippen molar-refractivity contribution in [1.82, 2.24) is 0 Å². The zero-order valence-electron chi connectivity index (χ0n) is 8.55. The lowest BCUT2D eigenvalue weighted by atomic mass is 10.0. The predicted molar refractivity (Wildman–Crippen MR) is 64.2 cm³/mol. The van der Waals surface area contributed by atoms with Gasteiger partial charge in [0.1, 0.15) is 11.6 Å². The maximum atomic E-state index is 13.2. The summed E-state index contributed by atoms with van der Waals surface area (Å²) in [4.78, 5) is 0. The Bertz CT molecular complexity index is 597. The van der Waals surface area contributed by atoms with E-state index in [1.165, 1.54) is 24.3 Å². The summed E-state index contributed by atoms with van der Waals surface area (Å²) in [7, 11) is 0.